The van der Waals surface area contributed by atoms with E-state index >= 15 is 0 Å². The molecule has 3 aromatic rings. The largest absolute Gasteiger partial charge is 0.462 e. The zero-order chi connectivity index (χ0) is 18.7. The van der Waals surface area contributed by atoms with Gasteiger partial charge in [-0.15, -0.1) is 0 Å². The normalized spacial score (nSPS) is 11.0. The van der Waals surface area contributed by atoms with Crippen LogP contribution in [-0.4, -0.2) is 12.6 Å². The SMILES string of the molecule is C=C(C(=O)OCCC(C)C)c1ccc2c(=O)c3ccccc3ccc2c1. The van der Waals surface area contributed by atoms with E-state index in [0.29, 0.717) is 34.4 Å². The van der Waals surface area contributed by atoms with E-state index in [4.69, 9.17) is 4.74 Å². The maximum absolute atomic E-state index is 12.8. The Bertz CT molecular complexity index is 1050. The summed E-state index contributed by atoms with van der Waals surface area (Å²) < 4.78 is 5.29. The van der Waals surface area contributed by atoms with Crippen molar-refractivity contribution in [2.75, 3.05) is 6.61 Å². The lowest BCUT2D eigenvalue weighted by atomic mass is 10.0. The molecule has 0 aliphatic rings. The van der Waals surface area contributed by atoms with Gasteiger partial charge in [0.15, 0.2) is 5.43 Å². The summed E-state index contributed by atoms with van der Waals surface area (Å²) >= 11 is 0. The lowest BCUT2D eigenvalue weighted by Crippen LogP contribution is -2.09. The first-order valence-electron chi connectivity index (χ1n) is 8.79. The second-order valence-corrected chi connectivity index (χ2v) is 6.85. The highest BCUT2D eigenvalue weighted by atomic mass is 16.5. The van der Waals surface area contributed by atoms with E-state index in [-0.39, 0.29) is 5.43 Å². The first kappa shape index (κ1) is 17.9. The molecule has 0 amide bonds. The monoisotopic (exact) mass is 346 g/mol. The summed E-state index contributed by atoms with van der Waals surface area (Å²) in [5.74, 6) is 0.0548. The molecule has 0 spiro atoms. The van der Waals surface area contributed by atoms with Crippen LogP contribution in [0.5, 0.6) is 0 Å². The van der Waals surface area contributed by atoms with Crippen molar-refractivity contribution in [2.45, 2.75) is 20.3 Å². The van der Waals surface area contributed by atoms with Gasteiger partial charge in [-0.3, -0.25) is 4.79 Å². The van der Waals surface area contributed by atoms with Crippen molar-refractivity contribution >= 4 is 33.1 Å². The lowest BCUT2D eigenvalue weighted by Gasteiger charge is -2.09. The zero-order valence-corrected chi connectivity index (χ0v) is 15.1. The maximum Gasteiger partial charge on any atom is 0.338 e. The van der Waals surface area contributed by atoms with Gasteiger partial charge in [0.2, 0.25) is 0 Å². The third kappa shape index (κ3) is 3.67. The van der Waals surface area contributed by atoms with Gasteiger partial charge in [0.25, 0.3) is 0 Å². The Morgan fingerprint density at radius 3 is 2.46 bits per heavy atom. The number of rotatable bonds is 5. The van der Waals surface area contributed by atoms with E-state index in [9.17, 15) is 9.59 Å². The van der Waals surface area contributed by atoms with E-state index in [1.54, 1.807) is 12.1 Å². The summed E-state index contributed by atoms with van der Waals surface area (Å²) in [6.45, 7) is 8.41. The Labute approximate surface area is 152 Å². The van der Waals surface area contributed by atoms with Gasteiger partial charge in [0, 0.05) is 10.8 Å². The van der Waals surface area contributed by atoms with Gasteiger partial charge < -0.3 is 4.74 Å². The van der Waals surface area contributed by atoms with Gasteiger partial charge >= 0.3 is 5.97 Å². The number of hydrogen-bond donors (Lipinski definition) is 0. The topological polar surface area (TPSA) is 43.4 Å². The molecule has 3 aromatic carbocycles. The Morgan fingerprint density at radius 1 is 1.00 bits per heavy atom. The molecule has 0 aliphatic heterocycles. The predicted octanol–water partition coefficient (Wildman–Crippen LogP) is 4.96. The van der Waals surface area contributed by atoms with Crippen LogP contribution in [-0.2, 0) is 9.53 Å². The van der Waals surface area contributed by atoms with Crippen LogP contribution >= 0.6 is 0 Å². The minimum atomic E-state index is -0.419. The third-order valence-electron chi connectivity index (χ3n) is 4.47. The molecule has 0 aliphatic carbocycles. The molecule has 0 atom stereocenters. The summed E-state index contributed by atoms with van der Waals surface area (Å²) in [4.78, 5) is 25.0. The van der Waals surface area contributed by atoms with Crippen LogP contribution in [0, 0.1) is 5.92 Å². The quantitative estimate of drug-likeness (QED) is 0.485. The fourth-order valence-electron chi connectivity index (χ4n) is 2.86. The molecule has 0 bridgehead atoms. The Hall–Kier alpha value is -2.94. The van der Waals surface area contributed by atoms with Crippen molar-refractivity contribution in [1.82, 2.24) is 0 Å². The van der Waals surface area contributed by atoms with Gasteiger partial charge in [-0.2, -0.15) is 0 Å². The first-order valence-corrected chi connectivity index (χ1v) is 8.79. The number of hydrogen-bond acceptors (Lipinski definition) is 3. The molecule has 0 fully saturated rings. The second kappa shape index (κ2) is 7.52. The fraction of sp³-hybridized carbons (Fsp3) is 0.217. The summed E-state index contributed by atoms with van der Waals surface area (Å²) in [6.07, 6.45) is 0.818. The van der Waals surface area contributed by atoms with Gasteiger partial charge in [-0.25, -0.2) is 4.79 Å². The number of fused-ring (bicyclic) bond motifs is 2. The van der Waals surface area contributed by atoms with Gasteiger partial charge in [-0.1, -0.05) is 62.9 Å². The second-order valence-electron chi connectivity index (χ2n) is 6.85. The van der Waals surface area contributed by atoms with Crippen LogP contribution in [0.25, 0.3) is 27.1 Å². The van der Waals surface area contributed by atoms with Gasteiger partial charge in [0.05, 0.1) is 12.2 Å². The van der Waals surface area contributed by atoms with E-state index in [0.717, 1.165) is 17.2 Å². The number of carbonyl (C=O) groups is 1. The standard InChI is InChI=1S/C23H22O3/c1-15(2)12-13-26-23(25)16(3)18-10-11-21-19(14-18)9-8-17-6-4-5-7-20(17)22(21)24/h4-11,14-15H,3,12-13H2,1-2H3. The molecular formula is C23H22O3. The van der Waals surface area contributed by atoms with Crippen molar-refractivity contribution in [2.24, 2.45) is 5.92 Å². The summed E-state index contributed by atoms with van der Waals surface area (Å²) in [7, 11) is 0. The molecule has 0 N–H and O–H groups in total. The molecule has 3 nitrogen and oxygen atoms in total. The van der Waals surface area contributed by atoms with E-state index < -0.39 is 5.97 Å². The highest BCUT2D eigenvalue weighted by Crippen LogP contribution is 2.21. The Balaban J connectivity index is 1.97. The van der Waals surface area contributed by atoms with Crippen molar-refractivity contribution < 1.29 is 9.53 Å². The minimum Gasteiger partial charge on any atom is -0.462 e. The van der Waals surface area contributed by atoms with Crippen LogP contribution in [0.15, 0.2) is 66.0 Å². The minimum absolute atomic E-state index is 0.0164. The van der Waals surface area contributed by atoms with E-state index in [2.05, 4.69) is 20.4 Å². The van der Waals surface area contributed by atoms with Gasteiger partial charge in [-0.05, 0) is 40.8 Å². The molecule has 0 unspecified atom stereocenters. The van der Waals surface area contributed by atoms with Crippen LogP contribution in [0.4, 0.5) is 0 Å². The molecule has 132 valence electrons. The van der Waals surface area contributed by atoms with Crippen molar-refractivity contribution in [3.63, 3.8) is 0 Å². The van der Waals surface area contributed by atoms with E-state index in [1.807, 2.05) is 42.5 Å². The van der Waals surface area contributed by atoms with Crippen LogP contribution in [0.3, 0.4) is 0 Å². The molecule has 0 saturated heterocycles. The fourth-order valence-corrected chi connectivity index (χ4v) is 2.86. The number of benzene rings is 2. The Morgan fingerprint density at radius 2 is 1.69 bits per heavy atom. The van der Waals surface area contributed by atoms with Crippen LogP contribution in [0.2, 0.25) is 0 Å². The molecule has 26 heavy (non-hydrogen) atoms. The van der Waals surface area contributed by atoms with Crippen molar-refractivity contribution in [3.8, 4) is 0 Å². The first-order chi connectivity index (χ1) is 12.5. The van der Waals surface area contributed by atoms with E-state index in [1.165, 1.54) is 0 Å². The number of esters is 1. The smallest absolute Gasteiger partial charge is 0.338 e. The maximum atomic E-state index is 12.8. The summed E-state index contributed by atoms with van der Waals surface area (Å²) in [5, 5.41) is 2.97. The van der Waals surface area contributed by atoms with Crippen molar-refractivity contribution in [3.05, 3.63) is 77.0 Å². The molecule has 0 heterocycles. The summed E-state index contributed by atoms with van der Waals surface area (Å²) in [5.41, 5.74) is 0.957. The molecule has 0 aromatic heterocycles. The third-order valence-corrected chi connectivity index (χ3v) is 4.47. The number of carbonyl (C=O) groups excluding carboxylic acids is 1. The average Bonchev–Trinajstić information content (AvgIpc) is 2.78. The van der Waals surface area contributed by atoms with Gasteiger partial charge in [0.1, 0.15) is 0 Å². The summed E-state index contributed by atoms with van der Waals surface area (Å²) in [6, 6.07) is 16.7. The Kier molecular flexibility index (Phi) is 5.17. The highest BCUT2D eigenvalue weighted by molar-refractivity contribution is 6.16. The number of ether oxygens (including phenoxy) is 1. The predicted molar refractivity (Wildman–Crippen MR) is 107 cm³/mol. The highest BCUT2D eigenvalue weighted by Gasteiger charge is 2.12. The zero-order valence-electron chi connectivity index (χ0n) is 15.1. The lowest BCUT2D eigenvalue weighted by molar-refractivity contribution is -0.136. The molecular weight excluding hydrogens is 324 g/mol. The molecule has 3 heteroatoms. The molecule has 0 saturated carbocycles. The van der Waals surface area contributed by atoms with Crippen LogP contribution < -0.4 is 5.43 Å². The van der Waals surface area contributed by atoms with Crippen molar-refractivity contribution in [1.29, 1.82) is 0 Å². The van der Waals surface area contributed by atoms with Crippen LogP contribution in [0.1, 0.15) is 25.8 Å². The molecule has 3 rings (SSSR count). The average molecular weight is 346 g/mol. The molecule has 0 radical (unpaired) electrons.